The van der Waals surface area contributed by atoms with Crippen molar-refractivity contribution < 1.29 is 0 Å². The third kappa shape index (κ3) is 5.08. The summed E-state index contributed by atoms with van der Waals surface area (Å²) in [5, 5.41) is 6.71. The second-order valence-corrected chi connectivity index (χ2v) is 8.99. The Bertz CT molecular complexity index is 673. The third-order valence-electron chi connectivity index (χ3n) is 6.29. The van der Waals surface area contributed by atoms with E-state index in [4.69, 9.17) is 4.98 Å². The molecule has 1 aliphatic carbocycles. The molecule has 2 heterocycles. The molecule has 3 rings (SSSR count). The summed E-state index contributed by atoms with van der Waals surface area (Å²) < 4.78 is 0. The maximum Gasteiger partial charge on any atom is 0.147 e. The van der Waals surface area contributed by atoms with E-state index < -0.39 is 0 Å². The van der Waals surface area contributed by atoms with E-state index in [1.54, 1.807) is 11.1 Å². The van der Waals surface area contributed by atoms with Gasteiger partial charge in [-0.1, -0.05) is 25.0 Å². The molecule has 1 aromatic rings. The molecule has 5 heteroatoms. The molecule has 2 N–H and O–H groups in total. The number of anilines is 1. The Hall–Kier alpha value is -1.46. The van der Waals surface area contributed by atoms with E-state index in [9.17, 15) is 0 Å². The molecule has 27 heavy (non-hydrogen) atoms. The van der Waals surface area contributed by atoms with E-state index in [0.717, 1.165) is 49.8 Å². The summed E-state index contributed by atoms with van der Waals surface area (Å²) in [5.74, 6) is 1.86. The maximum absolute atomic E-state index is 4.87. The van der Waals surface area contributed by atoms with Crippen LogP contribution in [0.5, 0.6) is 0 Å². The lowest BCUT2D eigenvalue weighted by Gasteiger charge is -2.35. The minimum atomic E-state index is 0.304. The van der Waals surface area contributed by atoms with Crippen LogP contribution in [0.4, 0.5) is 5.82 Å². The second-order valence-electron chi connectivity index (χ2n) is 8.99. The number of hydrogen-bond acceptors (Lipinski definition) is 5. The molecule has 1 aromatic heterocycles. The van der Waals surface area contributed by atoms with E-state index in [1.165, 1.54) is 25.7 Å². The molecule has 150 valence electrons. The van der Waals surface area contributed by atoms with Gasteiger partial charge in [0.05, 0.1) is 11.7 Å². The molecule has 1 unspecified atom stereocenters. The molecular weight excluding hydrogens is 334 g/mol. The zero-order chi connectivity index (χ0) is 19.4. The van der Waals surface area contributed by atoms with Crippen molar-refractivity contribution in [1.29, 1.82) is 0 Å². The number of rotatable bonds is 7. The Kier molecular flexibility index (Phi) is 6.53. The normalized spacial score (nSPS) is 22.5. The lowest BCUT2D eigenvalue weighted by atomic mass is 9.71. The lowest BCUT2D eigenvalue weighted by Crippen LogP contribution is -2.26. The first-order valence-electron chi connectivity index (χ1n) is 10.6. The summed E-state index contributed by atoms with van der Waals surface area (Å²) >= 11 is 0. The third-order valence-corrected chi connectivity index (χ3v) is 6.29. The predicted octanol–water partition coefficient (Wildman–Crippen LogP) is 4.29. The fourth-order valence-electron chi connectivity index (χ4n) is 4.67. The molecule has 0 saturated carbocycles. The first-order chi connectivity index (χ1) is 12.9. The minimum Gasteiger partial charge on any atom is -0.373 e. The summed E-state index contributed by atoms with van der Waals surface area (Å²) in [6.45, 7) is 10.2. The van der Waals surface area contributed by atoms with Gasteiger partial charge >= 0.3 is 0 Å². The number of aromatic nitrogens is 2. The van der Waals surface area contributed by atoms with E-state index >= 15 is 0 Å². The average molecular weight is 372 g/mol. The molecule has 1 aliphatic heterocycles. The van der Waals surface area contributed by atoms with Crippen molar-refractivity contribution in [2.75, 3.05) is 32.5 Å². The van der Waals surface area contributed by atoms with Crippen LogP contribution in [0.3, 0.4) is 0 Å². The van der Waals surface area contributed by atoms with Crippen molar-refractivity contribution in [3.05, 3.63) is 28.7 Å². The van der Waals surface area contributed by atoms with Crippen LogP contribution in [0.15, 0.2) is 17.2 Å². The lowest BCUT2D eigenvalue weighted by molar-refractivity contribution is 0.296. The van der Waals surface area contributed by atoms with E-state index in [0.29, 0.717) is 11.5 Å². The van der Waals surface area contributed by atoms with Gasteiger partial charge < -0.3 is 15.5 Å². The molecule has 0 aromatic carbocycles. The van der Waals surface area contributed by atoms with Crippen LogP contribution in [0.25, 0.3) is 0 Å². The maximum atomic E-state index is 4.87. The summed E-state index contributed by atoms with van der Waals surface area (Å²) in [5.41, 5.74) is 4.76. The minimum absolute atomic E-state index is 0.304. The van der Waals surface area contributed by atoms with Crippen molar-refractivity contribution in [3.8, 4) is 0 Å². The summed E-state index contributed by atoms with van der Waals surface area (Å²) in [4.78, 5) is 12.0. The van der Waals surface area contributed by atoms with Crippen LogP contribution >= 0.6 is 0 Å². The molecule has 1 atom stereocenters. The number of nitrogens with zero attached hydrogens (tertiary/aromatic N) is 3. The molecule has 0 amide bonds. The highest BCUT2D eigenvalue weighted by molar-refractivity contribution is 5.35. The smallest absolute Gasteiger partial charge is 0.147 e. The summed E-state index contributed by atoms with van der Waals surface area (Å²) in [6, 6.07) is 2.39. The van der Waals surface area contributed by atoms with Gasteiger partial charge in [-0.25, -0.2) is 9.97 Å². The highest BCUT2D eigenvalue weighted by Crippen LogP contribution is 2.41. The zero-order valence-corrected chi connectivity index (χ0v) is 17.9. The van der Waals surface area contributed by atoms with Crippen LogP contribution in [0.1, 0.15) is 76.9 Å². The molecule has 1 fully saturated rings. The van der Waals surface area contributed by atoms with Crippen LogP contribution < -0.4 is 10.6 Å². The number of nitrogens with one attached hydrogen (secondary N) is 2. The van der Waals surface area contributed by atoms with Gasteiger partial charge in [-0.3, -0.25) is 0 Å². The van der Waals surface area contributed by atoms with Crippen LogP contribution in [-0.2, 0) is 6.54 Å². The molecule has 1 saturated heterocycles. The summed E-state index contributed by atoms with van der Waals surface area (Å²) in [7, 11) is 4.14. The quantitative estimate of drug-likeness (QED) is 0.700. The Morgan fingerprint density at radius 3 is 2.78 bits per heavy atom. The van der Waals surface area contributed by atoms with Gasteiger partial charge in [0.2, 0.25) is 0 Å². The van der Waals surface area contributed by atoms with Crippen molar-refractivity contribution in [2.45, 2.75) is 71.9 Å². The molecular formula is C22H37N5. The highest BCUT2D eigenvalue weighted by Gasteiger charge is 2.28. The Labute approximate surface area is 165 Å². The molecule has 2 aliphatic rings. The zero-order valence-electron chi connectivity index (χ0n) is 17.9. The van der Waals surface area contributed by atoms with Gasteiger partial charge in [0.25, 0.3) is 0 Å². The fourth-order valence-corrected chi connectivity index (χ4v) is 4.67. The second kappa shape index (κ2) is 8.70. The van der Waals surface area contributed by atoms with Gasteiger partial charge in [-0.2, -0.15) is 0 Å². The van der Waals surface area contributed by atoms with Gasteiger partial charge in [-0.15, -0.1) is 0 Å². The molecule has 0 bridgehead atoms. The largest absolute Gasteiger partial charge is 0.373 e. The number of allylic oxidation sites excluding steroid dienone is 1. The van der Waals surface area contributed by atoms with Gasteiger partial charge in [0.1, 0.15) is 11.6 Å². The Morgan fingerprint density at radius 1 is 1.30 bits per heavy atom. The van der Waals surface area contributed by atoms with E-state index in [1.807, 2.05) is 7.05 Å². The highest BCUT2D eigenvalue weighted by atomic mass is 15.1. The van der Waals surface area contributed by atoms with Gasteiger partial charge in [0.15, 0.2) is 0 Å². The topological polar surface area (TPSA) is 53.1 Å². The Balaban J connectivity index is 1.65. The van der Waals surface area contributed by atoms with E-state index in [-0.39, 0.29) is 0 Å². The van der Waals surface area contributed by atoms with Crippen molar-refractivity contribution >= 4 is 5.82 Å². The first-order valence-corrected chi connectivity index (χ1v) is 10.6. The van der Waals surface area contributed by atoms with Crippen LogP contribution in [0.2, 0.25) is 0 Å². The van der Waals surface area contributed by atoms with Gasteiger partial charge in [-0.05, 0) is 64.5 Å². The SMILES string of the molecule is CNc1cc(CN(C)CCC2=C(C)CCCC2(C)C)nc(C2CCCN2)n1. The monoisotopic (exact) mass is 371 g/mol. The fraction of sp³-hybridized carbons (Fsp3) is 0.727. The molecule has 0 spiro atoms. The van der Waals surface area contributed by atoms with Crippen molar-refractivity contribution in [1.82, 2.24) is 20.2 Å². The standard InChI is InChI=1S/C22H37N5/c1-16-8-6-11-22(2,3)18(16)10-13-27(5)15-17-14-20(23-4)26-21(25-17)19-9-7-12-24-19/h14,19,24H,6-13,15H2,1-5H3,(H,23,25,26). The molecule has 0 radical (unpaired) electrons. The van der Waals surface area contributed by atoms with E-state index in [2.05, 4.69) is 54.4 Å². The van der Waals surface area contributed by atoms with Crippen LogP contribution in [0, 0.1) is 5.41 Å². The summed E-state index contributed by atoms with van der Waals surface area (Å²) in [6.07, 6.45) is 7.43. The average Bonchev–Trinajstić information content (AvgIpc) is 3.15. The predicted molar refractivity (Wildman–Crippen MR) is 113 cm³/mol. The van der Waals surface area contributed by atoms with Crippen molar-refractivity contribution in [3.63, 3.8) is 0 Å². The van der Waals surface area contributed by atoms with Crippen LogP contribution in [-0.4, -0.2) is 42.1 Å². The molecule has 5 nitrogen and oxygen atoms in total. The van der Waals surface area contributed by atoms with Gasteiger partial charge in [0, 0.05) is 26.2 Å². The number of hydrogen-bond donors (Lipinski definition) is 2. The first kappa shape index (κ1) is 20.3. The Morgan fingerprint density at radius 2 is 2.11 bits per heavy atom. The van der Waals surface area contributed by atoms with Crippen molar-refractivity contribution in [2.24, 2.45) is 5.41 Å².